The third-order valence-corrected chi connectivity index (χ3v) is 3.34. The molecule has 2 rings (SSSR count). The quantitative estimate of drug-likeness (QED) is 0.757. The molecule has 0 N–H and O–H groups in total. The van der Waals surface area contributed by atoms with Crippen molar-refractivity contribution in [3.63, 3.8) is 0 Å². The molecular weight excluding hydrogens is 243 g/mol. The van der Waals surface area contributed by atoms with E-state index >= 15 is 0 Å². The van der Waals surface area contributed by atoms with Gasteiger partial charge < -0.3 is 4.90 Å². The summed E-state index contributed by atoms with van der Waals surface area (Å²) in [4.78, 5) is 13.5. The number of benzene rings is 1. The molecular formula is C13H14F3NO. The fourth-order valence-electron chi connectivity index (χ4n) is 2.36. The van der Waals surface area contributed by atoms with E-state index in [1.807, 2.05) is 0 Å². The summed E-state index contributed by atoms with van der Waals surface area (Å²) in [6.07, 6.45) is -5.19. The first-order chi connectivity index (χ1) is 8.13. The number of fused-ring (bicyclic) bond motifs is 1. The molecule has 0 aliphatic carbocycles. The number of hydrogen-bond acceptors (Lipinski definition) is 1. The standard InChI is InChI=1S/C13H14F3NO/c1-12(2)9-6-8(7-13(14,15)16)4-5-10(9)17(3)11(12)18/h4-6H,7H2,1-3H3. The molecule has 0 atom stereocenters. The normalized spacial score (nSPS) is 18.1. The molecule has 0 saturated heterocycles. The van der Waals surface area contributed by atoms with Gasteiger partial charge in [0.25, 0.3) is 0 Å². The second kappa shape index (κ2) is 3.73. The zero-order chi connectivity index (χ0) is 13.7. The van der Waals surface area contributed by atoms with Crippen molar-refractivity contribution in [3.05, 3.63) is 29.3 Å². The lowest BCUT2D eigenvalue weighted by Crippen LogP contribution is -2.33. The predicted molar refractivity (Wildman–Crippen MR) is 62.6 cm³/mol. The van der Waals surface area contributed by atoms with Crippen LogP contribution in [0.3, 0.4) is 0 Å². The Morgan fingerprint density at radius 1 is 1.28 bits per heavy atom. The zero-order valence-electron chi connectivity index (χ0n) is 10.4. The molecule has 0 saturated carbocycles. The van der Waals surface area contributed by atoms with Crippen molar-refractivity contribution in [1.82, 2.24) is 0 Å². The van der Waals surface area contributed by atoms with E-state index in [1.54, 1.807) is 27.0 Å². The maximum Gasteiger partial charge on any atom is 0.393 e. The maximum absolute atomic E-state index is 12.4. The lowest BCUT2D eigenvalue weighted by molar-refractivity contribution is -0.127. The van der Waals surface area contributed by atoms with Gasteiger partial charge in [0, 0.05) is 12.7 Å². The van der Waals surface area contributed by atoms with Gasteiger partial charge >= 0.3 is 6.18 Å². The van der Waals surface area contributed by atoms with Gasteiger partial charge in [-0.3, -0.25) is 4.79 Å². The van der Waals surface area contributed by atoms with E-state index < -0.39 is 18.0 Å². The Hall–Kier alpha value is -1.52. The highest BCUT2D eigenvalue weighted by molar-refractivity contribution is 6.07. The molecule has 0 fully saturated rings. The van der Waals surface area contributed by atoms with Crippen LogP contribution in [-0.2, 0) is 16.6 Å². The number of carbonyl (C=O) groups is 1. The van der Waals surface area contributed by atoms with Crippen molar-refractivity contribution in [2.45, 2.75) is 31.9 Å². The van der Waals surface area contributed by atoms with Crippen LogP contribution >= 0.6 is 0 Å². The van der Waals surface area contributed by atoms with E-state index in [2.05, 4.69) is 0 Å². The van der Waals surface area contributed by atoms with Crippen molar-refractivity contribution in [2.24, 2.45) is 0 Å². The monoisotopic (exact) mass is 257 g/mol. The van der Waals surface area contributed by atoms with Gasteiger partial charge in [0.15, 0.2) is 0 Å². The fraction of sp³-hybridized carbons (Fsp3) is 0.462. The van der Waals surface area contributed by atoms with Crippen LogP contribution in [0, 0.1) is 0 Å². The van der Waals surface area contributed by atoms with Gasteiger partial charge in [-0.05, 0) is 31.0 Å². The van der Waals surface area contributed by atoms with Crippen LogP contribution in [0.2, 0.25) is 0 Å². The maximum atomic E-state index is 12.4. The SMILES string of the molecule is CN1C(=O)C(C)(C)c2cc(CC(F)(F)F)ccc21. The molecule has 0 spiro atoms. The summed E-state index contributed by atoms with van der Waals surface area (Å²) in [7, 11) is 1.64. The van der Waals surface area contributed by atoms with Gasteiger partial charge in [-0.1, -0.05) is 12.1 Å². The number of halogens is 3. The number of alkyl halides is 3. The van der Waals surface area contributed by atoms with Crippen LogP contribution in [0.4, 0.5) is 18.9 Å². The number of rotatable bonds is 1. The van der Waals surface area contributed by atoms with Crippen LogP contribution in [0.5, 0.6) is 0 Å². The highest BCUT2D eigenvalue weighted by Gasteiger charge is 2.42. The molecule has 1 heterocycles. The van der Waals surface area contributed by atoms with Gasteiger partial charge in [-0.15, -0.1) is 0 Å². The van der Waals surface area contributed by atoms with Crippen LogP contribution < -0.4 is 4.90 Å². The number of carbonyl (C=O) groups excluding carboxylic acids is 1. The molecule has 1 aliphatic rings. The first-order valence-corrected chi connectivity index (χ1v) is 5.61. The Kier molecular flexibility index (Phi) is 2.68. The van der Waals surface area contributed by atoms with Gasteiger partial charge in [-0.25, -0.2) is 0 Å². The van der Waals surface area contributed by atoms with E-state index in [0.29, 0.717) is 11.3 Å². The van der Waals surface area contributed by atoms with Crippen LogP contribution in [-0.4, -0.2) is 19.1 Å². The van der Waals surface area contributed by atoms with E-state index in [9.17, 15) is 18.0 Å². The number of nitrogens with zero attached hydrogens (tertiary/aromatic N) is 1. The average Bonchev–Trinajstić information content (AvgIpc) is 2.39. The molecule has 0 radical (unpaired) electrons. The first kappa shape index (κ1) is 12.9. The fourth-order valence-corrected chi connectivity index (χ4v) is 2.36. The molecule has 5 heteroatoms. The summed E-state index contributed by atoms with van der Waals surface area (Å²) in [5.74, 6) is -0.0957. The molecule has 1 aromatic rings. The number of likely N-dealkylation sites (N-methyl/N-ethyl adjacent to an activating group) is 1. The lowest BCUT2D eigenvalue weighted by Gasteiger charge is -2.17. The number of anilines is 1. The molecule has 0 unspecified atom stereocenters. The van der Waals surface area contributed by atoms with E-state index in [1.165, 1.54) is 17.0 Å². The van der Waals surface area contributed by atoms with Crippen molar-refractivity contribution in [3.8, 4) is 0 Å². The smallest absolute Gasteiger partial charge is 0.314 e. The van der Waals surface area contributed by atoms with E-state index in [-0.39, 0.29) is 11.5 Å². The van der Waals surface area contributed by atoms with Gasteiger partial charge in [0.2, 0.25) is 5.91 Å². The molecule has 1 amide bonds. The minimum absolute atomic E-state index is 0.0957. The minimum atomic E-state index is -4.23. The molecule has 98 valence electrons. The van der Waals surface area contributed by atoms with Gasteiger partial charge in [-0.2, -0.15) is 13.2 Å². The highest BCUT2D eigenvalue weighted by Crippen LogP contribution is 2.41. The summed E-state index contributed by atoms with van der Waals surface area (Å²) in [5.41, 5.74) is 0.788. The van der Waals surface area contributed by atoms with Gasteiger partial charge in [0.05, 0.1) is 11.8 Å². The summed E-state index contributed by atoms with van der Waals surface area (Å²) in [6.45, 7) is 3.46. The summed E-state index contributed by atoms with van der Waals surface area (Å²) in [6, 6.07) is 4.50. The van der Waals surface area contributed by atoms with Crippen molar-refractivity contribution in [2.75, 3.05) is 11.9 Å². The van der Waals surface area contributed by atoms with Crippen molar-refractivity contribution in [1.29, 1.82) is 0 Å². The zero-order valence-corrected chi connectivity index (χ0v) is 10.4. The third-order valence-electron chi connectivity index (χ3n) is 3.34. The first-order valence-electron chi connectivity index (χ1n) is 5.61. The molecule has 0 aromatic heterocycles. The summed E-state index contributed by atoms with van der Waals surface area (Å²) < 4.78 is 37.1. The molecule has 1 aliphatic heterocycles. The van der Waals surface area contributed by atoms with Crippen LogP contribution in [0.1, 0.15) is 25.0 Å². The third kappa shape index (κ3) is 1.98. The number of amides is 1. The molecule has 0 bridgehead atoms. The Balaban J connectivity index is 2.46. The highest BCUT2D eigenvalue weighted by atomic mass is 19.4. The second-order valence-electron chi connectivity index (χ2n) is 5.13. The summed E-state index contributed by atoms with van der Waals surface area (Å²) in [5, 5.41) is 0. The topological polar surface area (TPSA) is 20.3 Å². The van der Waals surface area contributed by atoms with Gasteiger partial charge in [0.1, 0.15) is 0 Å². The van der Waals surface area contributed by atoms with Crippen LogP contribution in [0.15, 0.2) is 18.2 Å². The lowest BCUT2D eigenvalue weighted by atomic mass is 9.85. The molecule has 2 nitrogen and oxygen atoms in total. The van der Waals surface area contributed by atoms with Crippen LogP contribution in [0.25, 0.3) is 0 Å². The minimum Gasteiger partial charge on any atom is -0.314 e. The van der Waals surface area contributed by atoms with Crippen molar-refractivity contribution >= 4 is 11.6 Å². The largest absolute Gasteiger partial charge is 0.393 e. The molecule has 1 aromatic carbocycles. The Morgan fingerprint density at radius 3 is 2.44 bits per heavy atom. The molecule has 18 heavy (non-hydrogen) atoms. The Morgan fingerprint density at radius 2 is 1.89 bits per heavy atom. The summed E-state index contributed by atoms with van der Waals surface area (Å²) >= 11 is 0. The number of hydrogen-bond donors (Lipinski definition) is 0. The van der Waals surface area contributed by atoms with E-state index in [0.717, 1.165) is 0 Å². The average molecular weight is 257 g/mol. The Bertz CT molecular complexity index is 505. The van der Waals surface area contributed by atoms with Crippen molar-refractivity contribution < 1.29 is 18.0 Å². The van der Waals surface area contributed by atoms with E-state index in [4.69, 9.17) is 0 Å². The Labute approximate surface area is 103 Å². The predicted octanol–water partition coefficient (Wildman–Crippen LogP) is 3.05. The second-order valence-corrected chi connectivity index (χ2v) is 5.13.